The lowest BCUT2D eigenvalue weighted by Gasteiger charge is -2.38. The molecule has 0 saturated carbocycles. The van der Waals surface area contributed by atoms with E-state index in [-0.39, 0.29) is 5.91 Å². The van der Waals surface area contributed by atoms with E-state index in [1.165, 1.54) is 14.2 Å². The number of carbonyl (C=O) groups is 1. The van der Waals surface area contributed by atoms with Gasteiger partial charge in [0.15, 0.2) is 11.5 Å². The van der Waals surface area contributed by atoms with Crippen LogP contribution >= 0.6 is 34.8 Å². The molecule has 24 heavy (non-hydrogen) atoms. The minimum atomic E-state index is -1.68. The number of carbonyl (C=O) groups excluding carboxylic acids is 1. The molecule has 0 spiro atoms. The maximum Gasteiger partial charge on any atom is 0.252 e. The van der Waals surface area contributed by atoms with Crippen LogP contribution in [0.5, 0.6) is 11.5 Å². The van der Waals surface area contributed by atoms with Gasteiger partial charge in [-0.05, 0) is 18.2 Å². The van der Waals surface area contributed by atoms with Crippen molar-refractivity contribution >= 4 is 40.7 Å². The molecule has 1 fully saturated rings. The largest absolute Gasteiger partial charge is 0.493 e. The van der Waals surface area contributed by atoms with Crippen LogP contribution < -0.4 is 14.8 Å². The molecule has 0 bridgehead atoms. The predicted molar refractivity (Wildman–Crippen MR) is 93.5 cm³/mol. The lowest BCUT2D eigenvalue weighted by atomic mass is 10.2. The highest BCUT2D eigenvalue weighted by molar-refractivity contribution is 6.68. The van der Waals surface area contributed by atoms with Crippen molar-refractivity contribution < 1.29 is 19.0 Å². The molecule has 1 saturated heterocycles. The summed E-state index contributed by atoms with van der Waals surface area (Å²) in [4.78, 5) is 14.4. The highest BCUT2D eigenvalue weighted by Gasteiger charge is 2.39. The van der Waals surface area contributed by atoms with Crippen LogP contribution in [0.1, 0.15) is 10.4 Å². The lowest BCUT2D eigenvalue weighted by molar-refractivity contribution is 0.00996. The number of rotatable bonds is 5. The highest BCUT2D eigenvalue weighted by Crippen LogP contribution is 2.33. The van der Waals surface area contributed by atoms with Crippen molar-refractivity contribution in [2.45, 2.75) is 9.96 Å². The number of halogens is 3. The normalized spacial score (nSPS) is 17.2. The van der Waals surface area contributed by atoms with Crippen LogP contribution in [0.4, 0.5) is 0 Å². The van der Waals surface area contributed by atoms with Crippen LogP contribution in [0.2, 0.25) is 0 Å². The Kier molecular flexibility index (Phi) is 6.83. The van der Waals surface area contributed by atoms with Gasteiger partial charge in [0.05, 0.1) is 27.4 Å². The zero-order chi connectivity index (χ0) is 17.7. The lowest BCUT2D eigenvalue weighted by Crippen LogP contribution is -2.58. The van der Waals surface area contributed by atoms with Crippen LogP contribution in [0.25, 0.3) is 0 Å². The van der Waals surface area contributed by atoms with Crippen LogP contribution in [0, 0.1) is 0 Å². The predicted octanol–water partition coefficient (Wildman–Crippen LogP) is 2.46. The van der Waals surface area contributed by atoms with Gasteiger partial charge in [0.2, 0.25) is 3.79 Å². The SMILES string of the molecule is COc1ccc(C(=O)NC(N2CCOCC2)C(Cl)(Cl)Cl)cc1OC. The molecule has 134 valence electrons. The average Bonchev–Trinajstić information content (AvgIpc) is 2.58. The van der Waals surface area contributed by atoms with Gasteiger partial charge < -0.3 is 19.5 Å². The molecule has 1 aliphatic rings. The van der Waals surface area contributed by atoms with Crippen molar-refractivity contribution in [1.29, 1.82) is 0 Å². The molecule has 6 nitrogen and oxygen atoms in total. The van der Waals surface area contributed by atoms with Gasteiger partial charge in [-0.1, -0.05) is 34.8 Å². The van der Waals surface area contributed by atoms with Gasteiger partial charge in [-0.15, -0.1) is 0 Å². The summed E-state index contributed by atoms with van der Waals surface area (Å²) in [5, 5.41) is 2.77. The number of methoxy groups -OCH3 is 2. The Bertz CT molecular complexity index is 574. The average molecular weight is 398 g/mol. The minimum Gasteiger partial charge on any atom is -0.493 e. The molecule has 1 aromatic rings. The van der Waals surface area contributed by atoms with Crippen molar-refractivity contribution in [3.05, 3.63) is 23.8 Å². The number of benzene rings is 1. The monoisotopic (exact) mass is 396 g/mol. The summed E-state index contributed by atoms with van der Waals surface area (Å²) in [6, 6.07) is 4.83. The van der Waals surface area contributed by atoms with Gasteiger partial charge in [-0.2, -0.15) is 0 Å². The zero-order valence-electron chi connectivity index (χ0n) is 13.4. The summed E-state index contributed by atoms with van der Waals surface area (Å²) < 4.78 is 14.0. The molecule has 1 N–H and O–H groups in total. The molecule has 9 heteroatoms. The molecule has 2 rings (SSSR count). The van der Waals surface area contributed by atoms with Crippen LogP contribution in [-0.4, -0.2) is 61.3 Å². The van der Waals surface area contributed by atoms with Crippen molar-refractivity contribution in [3.8, 4) is 11.5 Å². The first-order valence-corrected chi connectivity index (χ1v) is 8.41. The molecule has 1 unspecified atom stereocenters. The Labute approximate surface area is 155 Å². The molecule has 1 aliphatic heterocycles. The van der Waals surface area contributed by atoms with Gasteiger partial charge in [-0.3, -0.25) is 9.69 Å². The molecular formula is C15H19Cl3N2O4. The molecule has 1 heterocycles. The van der Waals surface area contributed by atoms with Crippen molar-refractivity contribution in [2.75, 3.05) is 40.5 Å². The number of hydrogen-bond acceptors (Lipinski definition) is 5. The zero-order valence-corrected chi connectivity index (χ0v) is 15.6. The molecule has 1 amide bonds. The van der Waals surface area contributed by atoms with Gasteiger partial charge in [0.1, 0.15) is 6.17 Å². The summed E-state index contributed by atoms with van der Waals surface area (Å²) in [5.41, 5.74) is 0.375. The number of ether oxygens (including phenoxy) is 3. The maximum absolute atomic E-state index is 12.6. The van der Waals surface area contributed by atoms with Gasteiger partial charge >= 0.3 is 0 Å². The van der Waals surface area contributed by atoms with Crippen molar-refractivity contribution in [2.24, 2.45) is 0 Å². The second kappa shape index (κ2) is 8.45. The highest BCUT2D eigenvalue weighted by atomic mass is 35.6. The van der Waals surface area contributed by atoms with E-state index in [0.29, 0.717) is 43.4 Å². The fraction of sp³-hybridized carbons (Fsp3) is 0.533. The number of nitrogens with zero attached hydrogens (tertiary/aromatic N) is 1. The summed E-state index contributed by atoms with van der Waals surface area (Å²) >= 11 is 18.2. The Morgan fingerprint density at radius 1 is 1.21 bits per heavy atom. The number of morpholine rings is 1. The van der Waals surface area contributed by atoms with E-state index >= 15 is 0 Å². The summed E-state index contributed by atoms with van der Waals surface area (Å²) in [7, 11) is 3.02. The molecule has 0 aliphatic carbocycles. The van der Waals surface area contributed by atoms with E-state index < -0.39 is 9.96 Å². The van der Waals surface area contributed by atoms with E-state index in [2.05, 4.69) is 5.32 Å². The van der Waals surface area contributed by atoms with Crippen molar-refractivity contribution in [1.82, 2.24) is 10.2 Å². The summed E-state index contributed by atoms with van der Waals surface area (Å²) in [5.74, 6) is 0.598. The summed E-state index contributed by atoms with van der Waals surface area (Å²) in [6.45, 7) is 2.16. The Morgan fingerprint density at radius 2 is 1.83 bits per heavy atom. The van der Waals surface area contributed by atoms with E-state index in [0.717, 1.165) is 0 Å². The fourth-order valence-electron chi connectivity index (χ4n) is 2.40. The smallest absolute Gasteiger partial charge is 0.252 e. The summed E-state index contributed by atoms with van der Waals surface area (Å²) in [6.07, 6.45) is -0.771. The van der Waals surface area contributed by atoms with E-state index in [1.54, 1.807) is 18.2 Å². The number of alkyl halides is 3. The molecular weight excluding hydrogens is 379 g/mol. The Balaban J connectivity index is 2.18. The molecule has 1 atom stereocenters. The van der Waals surface area contributed by atoms with E-state index in [1.807, 2.05) is 4.90 Å². The first-order chi connectivity index (χ1) is 11.4. The number of nitrogens with one attached hydrogen (secondary N) is 1. The van der Waals surface area contributed by atoms with Crippen LogP contribution in [0.3, 0.4) is 0 Å². The Morgan fingerprint density at radius 3 is 2.38 bits per heavy atom. The second-order valence-corrected chi connectivity index (χ2v) is 7.50. The third-order valence-electron chi connectivity index (χ3n) is 3.63. The van der Waals surface area contributed by atoms with Crippen LogP contribution in [-0.2, 0) is 4.74 Å². The van der Waals surface area contributed by atoms with Crippen molar-refractivity contribution in [3.63, 3.8) is 0 Å². The van der Waals surface area contributed by atoms with E-state index in [9.17, 15) is 4.79 Å². The van der Waals surface area contributed by atoms with Gasteiger partial charge in [0.25, 0.3) is 5.91 Å². The van der Waals surface area contributed by atoms with Crippen LogP contribution in [0.15, 0.2) is 18.2 Å². The quantitative estimate of drug-likeness (QED) is 0.774. The molecule has 0 radical (unpaired) electrons. The third-order valence-corrected chi connectivity index (χ3v) is 4.25. The second-order valence-electron chi connectivity index (χ2n) is 5.14. The van der Waals surface area contributed by atoms with Gasteiger partial charge in [-0.25, -0.2) is 0 Å². The number of amides is 1. The van der Waals surface area contributed by atoms with Gasteiger partial charge in [0, 0.05) is 18.7 Å². The first-order valence-electron chi connectivity index (χ1n) is 7.28. The first kappa shape index (κ1) is 19.4. The Hall–Kier alpha value is -0.920. The topological polar surface area (TPSA) is 60.0 Å². The van der Waals surface area contributed by atoms with E-state index in [4.69, 9.17) is 49.0 Å². The minimum absolute atomic E-state index is 0.375. The number of hydrogen-bond donors (Lipinski definition) is 1. The third kappa shape index (κ3) is 4.80. The standard InChI is InChI=1S/C15H19Cl3N2O4/c1-22-11-4-3-10(9-12(11)23-2)13(21)19-14(15(16,17)18)20-5-7-24-8-6-20/h3-4,9,14H,5-8H2,1-2H3,(H,19,21). The fourth-order valence-corrected chi connectivity index (χ4v) is 2.98. The maximum atomic E-state index is 12.6. The molecule has 0 aromatic heterocycles. The molecule has 1 aromatic carbocycles.